The second kappa shape index (κ2) is 4.45. The van der Waals surface area contributed by atoms with Gasteiger partial charge in [0.2, 0.25) is 10.0 Å². The van der Waals surface area contributed by atoms with Crippen molar-refractivity contribution in [1.29, 1.82) is 0 Å². The van der Waals surface area contributed by atoms with E-state index in [0.29, 0.717) is 0 Å². The van der Waals surface area contributed by atoms with Crippen LogP contribution >= 0.6 is 0 Å². The molecule has 9 heteroatoms. The van der Waals surface area contributed by atoms with Crippen molar-refractivity contribution >= 4 is 32.1 Å². The number of halogens is 1. The Hall–Kier alpha value is -2.00. The molecule has 0 amide bonds. The molecule has 3 aromatic rings. The first kappa shape index (κ1) is 15.1. The maximum absolute atomic E-state index is 13.0. The van der Waals surface area contributed by atoms with E-state index in [1.165, 1.54) is 4.31 Å². The molecule has 1 saturated heterocycles. The predicted octanol–water partition coefficient (Wildman–Crippen LogP) is 1.78. The summed E-state index contributed by atoms with van der Waals surface area (Å²) in [6.45, 7) is 0.0440. The average Bonchev–Trinajstić information content (AvgIpc) is 3.11. The Morgan fingerprint density at radius 2 is 2.04 bits per heavy atom. The van der Waals surface area contributed by atoms with Gasteiger partial charge in [-0.15, -0.1) is 0 Å². The van der Waals surface area contributed by atoms with E-state index in [2.05, 4.69) is 19.5 Å². The van der Waals surface area contributed by atoms with E-state index >= 15 is 0 Å². The van der Waals surface area contributed by atoms with Crippen LogP contribution in [-0.2, 0) is 15.6 Å². The lowest BCUT2D eigenvalue weighted by Gasteiger charge is -2.71. The molecule has 0 radical (unpaired) electrons. The first-order valence-corrected chi connectivity index (χ1v) is 10.4. The fourth-order valence-corrected chi connectivity index (χ4v) is 7.35. The summed E-state index contributed by atoms with van der Waals surface area (Å²) in [6.07, 6.45) is 7.02. The zero-order valence-electron chi connectivity index (χ0n) is 14.0. The number of nitrogens with one attached hydrogen (secondary N) is 1. The minimum absolute atomic E-state index is 0.0220. The molecule has 1 aliphatic heterocycles. The monoisotopic (exact) mass is 375 g/mol. The van der Waals surface area contributed by atoms with Gasteiger partial charge in [0.25, 0.3) is 0 Å². The van der Waals surface area contributed by atoms with Gasteiger partial charge in [0.15, 0.2) is 0 Å². The van der Waals surface area contributed by atoms with Gasteiger partial charge in [0.05, 0.1) is 23.8 Å². The predicted molar refractivity (Wildman–Crippen MR) is 93.9 cm³/mol. The molecular weight excluding hydrogens is 357 g/mol. The summed E-state index contributed by atoms with van der Waals surface area (Å²) < 4.78 is 41.4. The van der Waals surface area contributed by atoms with Gasteiger partial charge in [0, 0.05) is 30.2 Å². The third kappa shape index (κ3) is 1.77. The van der Waals surface area contributed by atoms with Gasteiger partial charge in [0.1, 0.15) is 17.3 Å². The Balaban J connectivity index is 1.29. The number of fused-ring (bicyclic) bond motifs is 3. The van der Waals surface area contributed by atoms with Crippen LogP contribution in [0.2, 0.25) is 0 Å². The van der Waals surface area contributed by atoms with Crippen molar-refractivity contribution < 1.29 is 12.8 Å². The number of hydrogen-bond acceptors (Lipinski definition) is 4. The number of aromatic nitrogens is 4. The third-order valence-corrected chi connectivity index (χ3v) is 8.46. The number of rotatable bonds is 4. The van der Waals surface area contributed by atoms with E-state index in [-0.39, 0.29) is 29.8 Å². The fraction of sp³-hybridized carbons (Fsp3) is 0.529. The summed E-state index contributed by atoms with van der Waals surface area (Å²) in [5.74, 6) is 0.141. The largest absolute Gasteiger partial charge is 0.346 e. The average molecular weight is 375 g/mol. The quantitative estimate of drug-likeness (QED) is 0.753. The van der Waals surface area contributed by atoms with Crippen molar-refractivity contribution in [3.05, 3.63) is 24.8 Å². The van der Waals surface area contributed by atoms with E-state index in [9.17, 15) is 12.8 Å². The van der Waals surface area contributed by atoms with Crippen LogP contribution in [0.25, 0.3) is 22.1 Å². The molecule has 4 aliphatic rings. The zero-order chi connectivity index (χ0) is 17.7. The number of imidazole rings is 1. The molecule has 7 nitrogen and oxygen atoms in total. The number of sulfonamides is 1. The summed E-state index contributed by atoms with van der Waals surface area (Å²) in [5, 5.41) is 1.04. The molecule has 3 saturated carbocycles. The number of nitrogens with zero attached hydrogens (tertiary/aromatic N) is 4. The Labute approximate surface area is 149 Å². The summed E-state index contributed by atoms with van der Waals surface area (Å²) >= 11 is 0. The molecule has 4 fully saturated rings. The molecule has 136 valence electrons. The normalized spacial score (nSPS) is 31.7. The molecule has 0 spiro atoms. The summed E-state index contributed by atoms with van der Waals surface area (Å²) in [5.41, 5.74) is 2.57. The number of alkyl halides is 1. The van der Waals surface area contributed by atoms with E-state index in [1.54, 1.807) is 6.20 Å². The van der Waals surface area contributed by atoms with Crippen LogP contribution in [-0.4, -0.2) is 57.3 Å². The van der Waals surface area contributed by atoms with Crippen molar-refractivity contribution in [3.63, 3.8) is 0 Å². The van der Waals surface area contributed by atoms with Crippen molar-refractivity contribution in [1.82, 2.24) is 23.8 Å². The Morgan fingerprint density at radius 3 is 2.77 bits per heavy atom. The lowest BCUT2D eigenvalue weighted by atomic mass is 9.40. The molecule has 3 aliphatic carbocycles. The van der Waals surface area contributed by atoms with E-state index in [1.807, 2.05) is 18.6 Å². The number of aromatic amines is 1. The molecule has 0 aromatic carbocycles. The topological polar surface area (TPSA) is 83.9 Å². The minimum Gasteiger partial charge on any atom is -0.346 e. The van der Waals surface area contributed by atoms with Crippen molar-refractivity contribution in [2.75, 3.05) is 18.8 Å². The number of H-pyrrole nitrogens is 1. The number of hydrogen-bond donors (Lipinski definition) is 1. The van der Waals surface area contributed by atoms with Gasteiger partial charge in [-0.3, -0.25) is 0 Å². The molecular formula is C17H18FN5O2S. The maximum atomic E-state index is 13.0. The van der Waals surface area contributed by atoms with Gasteiger partial charge < -0.3 is 9.55 Å². The van der Waals surface area contributed by atoms with Gasteiger partial charge >= 0.3 is 0 Å². The second-order valence-electron chi connectivity index (χ2n) is 8.27. The highest BCUT2D eigenvalue weighted by Gasteiger charge is 2.70. The fourth-order valence-electron chi connectivity index (χ4n) is 5.31. The second-order valence-corrected chi connectivity index (χ2v) is 10.2. The van der Waals surface area contributed by atoms with Crippen LogP contribution in [0, 0.1) is 5.41 Å². The van der Waals surface area contributed by atoms with Crippen LogP contribution in [0.4, 0.5) is 4.39 Å². The molecule has 0 unspecified atom stereocenters. The third-order valence-electron chi connectivity index (χ3n) is 6.40. The summed E-state index contributed by atoms with van der Waals surface area (Å²) in [6, 6.07) is 2.01. The number of pyridine rings is 1. The highest BCUT2D eigenvalue weighted by molar-refractivity contribution is 7.89. The molecule has 2 bridgehead atoms. The molecule has 1 N–H and O–H groups in total. The highest BCUT2D eigenvalue weighted by atomic mass is 32.2. The Kier molecular flexibility index (Phi) is 2.59. The van der Waals surface area contributed by atoms with E-state index < -0.39 is 16.2 Å². The van der Waals surface area contributed by atoms with E-state index in [4.69, 9.17) is 0 Å². The molecule has 3 aromatic heterocycles. The smallest absolute Gasteiger partial charge is 0.214 e. The summed E-state index contributed by atoms with van der Waals surface area (Å²) in [4.78, 5) is 12.0. The lowest BCUT2D eigenvalue weighted by molar-refractivity contribution is -0.169. The minimum atomic E-state index is -3.35. The van der Waals surface area contributed by atoms with Crippen LogP contribution < -0.4 is 0 Å². The van der Waals surface area contributed by atoms with Crippen molar-refractivity contribution in [2.45, 2.75) is 31.0 Å². The Bertz CT molecular complexity index is 1140. The molecule has 7 rings (SSSR count). The highest BCUT2D eigenvalue weighted by Crippen LogP contribution is 2.72. The van der Waals surface area contributed by atoms with Gasteiger partial charge in [-0.1, -0.05) is 0 Å². The lowest BCUT2D eigenvalue weighted by Crippen LogP contribution is -2.70. The maximum Gasteiger partial charge on any atom is 0.214 e. The standard InChI is InChI=1S/C17H18FN5O2S/c18-11-4-22(5-11)26(24,25)9-16-6-17(7-16,8-16)23-10-21-13-3-20-15-12(14(13)23)1-2-19-15/h1-3,10-11H,4-9H2,(H,19,20). The summed E-state index contributed by atoms with van der Waals surface area (Å²) in [7, 11) is -3.35. The molecule has 26 heavy (non-hydrogen) atoms. The zero-order valence-corrected chi connectivity index (χ0v) is 14.8. The van der Waals surface area contributed by atoms with Gasteiger partial charge in [-0.2, -0.15) is 4.31 Å². The van der Waals surface area contributed by atoms with Crippen LogP contribution in [0.3, 0.4) is 0 Å². The van der Waals surface area contributed by atoms with Crippen molar-refractivity contribution in [3.8, 4) is 0 Å². The van der Waals surface area contributed by atoms with Gasteiger partial charge in [-0.05, 0) is 30.7 Å². The van der Waals surface area contributed by atoms with Crippen molar-refractivity contribution in [2.24, 2.45) is 5.41 Å². The van der Waals surface area contributed by atoms with Crippen LogP contribution in [0.15, 0.2) is 24.8 Å². The van der Waals surface area contributed by atoms with Gasteiger partial charge in [-0.25, -0.2) is 22.8 Å². The molecule has 0 atom stereocenters. The van der Waals surface area contributed by atoms with E-state index in [0.717, 1.165) is 41.3 Å². The first-order valence-electron chi connectivity index (χ1n) is 8.82. The van der Waals surface area contributed by atoms with Crippen LogP contribution in [0.5, 0.6) is 0 Å². The molecule has 4 heterocycles. The van der Waals surface area contributed by atoms with Crippen LogP contribution in [0.1, 0.15) is 19.3 Å². The SMILES string of the molecule is O=S(=O)(CC12CC(n3cnc4cnc5[nH]ccc5c43)(C1)C2)N1CC(F)C1. The first-order chi connectivity index (χ1) is 12.4. The Morgan fingerprint density at radius 1 is 1.27 bits per heavy atom.